The lowest BCUT2D eigenvalue weighted by Gasteiger charge is -2.36. The molecule has 0 aliphatic carbocycles. The second-order valence-corrected chi connectivity index (χ2v) is 8.36. The number of ether oxygens (including phenoxy) is 3. The molecule has 3 rings (SSSR count). The molecule has 194 valence electrons. The van der Waals surface area contributed by atoms with Crippen LogP contribution < -0.4 is 14.8 Å². The molecule has 11 heteroatoms. The van der Waals surface area contributed by atoms with Gasteiger partial charge in [0.25, 0.3) is 5.91 Å². The number of furan rings is 1. The second-order valence-electron chi connectivity index (χ2n) is 8.36. The summed E-state index contributed by atoms with van der Waals surface area (Å²) in [6.07, 6.45) is -4.87. The molecule has 0 aliphatic heterocycles. The minimum absolute atomic E-state index is 0.0619. The Morgan fingerprint density at radius 3 is 2.42 bits per heavy atom. The number of fused-ring (bicyclic) bond motifs is 1. The van der Waals surface area contributed by atoms with Crippen molar-refractivity contribution in [3.8, 4) is 11.5 Å². The molecule has 0 saturated carbocycles. The fourth-order valence-electron chi connectivity index (χ4n) is 3.64. The monoisotopic (exact) mass is 508 g/mol. The quantitative estimate of drug-likeness (QED) is 0.433. The average Bonchev–Trinajstić information content (AvgIpc) is 3.26. The number of halogens is 3. The zero-order chi connectivity index (χ0) is 26.5. The number of benzene rings is 2. The van der Waals surface area contributed by atoms with E-state index < -0.39 is 29.5 Å². The molecule has 0 unspecified atom stereocenters. The molecular formula is C25H27F3N2O6. The van der Waals surface area contributed by atoms with Gasteiger partial charge in [-0.15, -0.1) is 13.2 Å². The number of rotatable bonds is 10. The van der Waals surface area contributed by atoms with Crippen LogP contribution in [-0.4, -0.2) is 56.0 Å². The smallest absolute Gasteiger partial charge is 0.496 e. The molecule has 8 nitrogen and oxygen atoms in total. The van der Waals surface area contributed by atoms with Gasteiger partial charge in [0, 0.05) is 31.1 Å². The first-order chi connectivity index (χ1) is 17.0. The van der Waals surface area contributed by atoms with Gasteiger partial charge in [-0.1, -0.05) is 18.2 Å². The fraction of sp³-hybridized carbons (Fsp3) is 0.360. The van der Waals surface area contributed by atoms with Crippen molar-refractivity contribution < 1.29 is 41.4 Å². The van der Waals surface area contributed by atoms with Crippen molar-refractivity contribution >= 4 is 22.8 Å². The molecule has 1 N–H and O–H groups in total. The highest BCUT2D eigenvalue weighted by Gasteiger charge is 2.39. The molecule has 36 heavy (non-hydrogen) atoms. The van der Waals surface area contributed by atoms with Crippen molar-refractivity contribution in [2.45, 2.75) is 32.3 Å². The predicted octanol–water partition coefficient (Wildman–Crippen LogP) is 4.52. The van der Waals surface area contributed by atoms with E-state index in [2.05, 4.69) is 10.1 Å². The third kappa shape index (κ3) is 6.28. The predicted molar refractivity (Wildman–Crippen MR) is 125 cm³/mol. The third-order valence-corrected chi connectivity index (χ3v) is 5.56. The molecule has 0 saturated heterocycles. The molecule has 2 amide bonds. The Hall–Kier alpha value is -3.73. The maximum absolute atomic E-state index is 13.4. The van der Waals surface area contributed by atoms with Crippen molar-refractivity contribution in [3.05, 3.63) is 59.9 Å². The minimum Gasteiger partial charge on any atom is -0.496 e. The summed E-state index contributed by atoms with van der Waals surface area (Å²) in [6.45, 7) is 3.19. The Bertz CT molecular complexity index is 1190. The number of nitrogens with zero attached hydrogens (tertiary/aromatic N) is 1. The Morgan fingerprint density at radius 1 is 1.06 bits per heavy atom. The van der Waals surface area contributed by atoms with Gasteiger partial charge in [-0.05, 0) is 44.2 Å². The molecule has 1 aromatic heterocycles. The Morgan fingerprint density at radius 2 is 1.78 bits per heavy atom. The zero-order valence-corrected chi connectivity index (χ0v) is 20.3. The summed E-state index contributed by atoms with van der Waals surface area (Å²) in [5.41, 5.74) is -0.583. The van der Waals surface area contributed by atoms with E-state index in [-0.39, 0.29) is 36.8 Å². The molecule has 0 bridgehead atoms. The van der Waals surface area contributed by atoms with Crippen molar-refractivity contribution in [2.75, 3.05) is 27.4 Å². The van der Waals surface area contributed by atoms with Gasteiger partial charge in [0.2, 0.25) is 5.91 Å². The van der Waals surface area contributed by atoms with Crippen LogP contribution in [0.2, 0.25) is 0 Å². The fourth-order valence-corrected chi connectivity index (χ4v) is 3.64. The summed E-state index contributed by atoms with van der Waals surface area (Å²) in [4.78, 5) is 27.9. The molecule has 0 radical (unpaired) electrons. The number of nitrogens with one attached hydrogen (secondary N) is 1. The maximum atomic E-state index is 13.4. The summed E-state index contributed by atoms with van der Waals surface area (Å²) < 4.78 is 57.8. The molecule has 2 aromatic carbocycles. The lowest BCUT2D eigenvalue weighted by atomic mass is 10.00. The van der Waals surface area contributed by atoms with E-state index in [4.69, 9.17) is 13.9 Å². The van der Waals surface area contributed by atoms with Crippen LogP contribution in [0.15, 0.2) is 52.9 Å². The summed E-state index contributed by atoms with van der Waals surface area (Å²) in [6, 6.07) is 12.3. The summed E-state index contributed by atoms with van der Waals surface area (Å²) in [7, 11) is 2.83. The van der Waals surface area contributed by atoms with Crippen LogP contribution >= 0.6 is 0 Å². The van der Waals surface area contributed by atoms with Gasteiger partial charge < -0.3 is 28.8 Å². The summed E-state index contributed by atoms with van der Waals surface area (Å²) in [5.74, 6) is -1.19. The maximum Gasteiger partial charge on any atom is 0.573 e. The van der Waals surface area contributed by atoms with Crippen LogP contribution in [0.3, 0.4) is 0 Å². The largest absolute Gasteiger partial charge is 0.573 e. The van der Waals surface area contributed by atoms with E-state index in [0.29, 0.717) is 5.58 Å². The molecule has 0 spiro atoms. The first-order valence-corrected chi connectivity index (χ1v) is 11.0. The van der Waals surface area contributed by atoms with Crippen LogP contribution in [0, 0.1) is 0 Å². The number of para-hydroxylation sites is 1. The topological polar surface area (TPSA) is 90.2 Å². The highest BCUT2D eigenvalue weighted by Crippen LogP contribution is 2.29. The number of alkyl halides is 3. The molecule has 1 heterocycles. The number of hydrogen-bond donors (Lipinski definition) is 1. The van der Waals surface area contributed by atoms with E-state index in [1.165, 1.54) is 25.2 Å². The SMILES string of the molecule is COCCN(C(=O)c1cc2ccccc2o1)C(C)(C)C(=O)NCc1cc(OC(F)(F)F)ccc1OC. The Kier molecular flexibility index (Phi) is 8.13. The molecule has 0 atom stereocenters. The van der Waals surface area contributed by atoms with Crippen molar-refractivity contribution in [3.63, 3.8) is 0 Å². The standard InChI is InChI=1S/C25H27F3N2O6/c1-24(2,23(32)29-15-17-13-18(36-25(26,27)28)9-10-19(17)34-4)30(11-12-33-3)22(31)21-14-16-7-5-6-8-20(16)35-21/h5-10,13-14H,11-12,15H2,1-4H3,(H,29,32). The molecule has 0 aliphatic rings. The van der Waals surface area contributed by atoms with E-state index in [1.54, 1.807) is 38.1 Å². The number of carbonyl (C=O) groups excluding carboxylic acids is 2. The zero-order valence-electron chi connectivity index (χ0n) is 20.3. The van der Waals surface area contributed by atoms with Crippen molar-refractivity contribution in [1.29, 1.82) is 0 Å². The van der Waals surface area contributed by atoms with E-state index in [0.717, 1.165) is 17.5 Å². The number of amides is 2. The van der Waals surface area contributed by atoms with Crippen molar-refractivity contribution in [1.82, 2.24) is 10.2 Å². The number of hydrogen-bond acceptors (Lipinski definition) is 6. The molecular weight excluding hydrogens is 481 g/mol. The highest BCUT2D eigenvalue weighted by atomic mass is 19.4. The van der Waals surface area contributed by atoms with Crippen LogP contribution in [0.5, 0.6) is 11.5 Å². The summed E-state index contributed by atoms with van der Waals surface area (Å²) in [5, 5.41) is 3.41. The van der Waals surface area contributed by atoms with Gasteiger partial charge in [-0.2, -0.15) is 0 Å². The normalized spacial score (nSPS) is 11.9. The van der Waals surface area contributed by atoms with Gasteiger partial charge in [0.15, 0.2) is 5.76 Å². The molecule has 3 aromatic rings. The van der Waals surface area contributed by atoms with Crippen LogP contribution in [-0.2, 0) is 16.1 Å². The minimum atomic E-state index is -4.87. The lowest BCUT2D eigenvalue weighted by Crippen LogP contribution is -2.57. The summed E-state index contributed by atoms with van der Waals surface area (Å²) >= 11 is 0. The van der Waals surface area contributed by atoms with Gasteiger partial charge in [-0.25, -0.2) is 0 Å². The van der Waals surface area contributed by atoms with E-state index in [9.17, 15) is 22.8 Å². The first kappa shape index (κ1) is 26.9. The van der Waals surface area contributed by atoms with E-state index in [1.807, 2.05) is 6.07 Å². The van der Waals surface area contributed by atoms with Crippen LogP contribution in [0.25, 0.3) is 11.0 Å². The van der Waals surface area contributed by atoms with Gasteiger partial charge in [0.05, 0.1) is 13.7 Å². The number of methoxy groups -OCH3 is 2. The van der Waals surface area contributed by atoms with Crippen LogP contribution in [0.4, 0.5) is 13.2 Å². The van der Waals surface area contributed by atoms with Gasteiger partial charge >= 0.3 is 6.36 Å². The van der Waals surface area contributed by atoms with Crippen LogP contribution in [0.1, 0.15) is 30.0 Å². The third-order valence-electron chi connectivity index (χ3n) is 5.56. The Balaban J connectivity index is 1.81. The average molecular weight is 508 g/mol. The highest BCUT2D eigenvalue weighted by molar-refractivity contribution is 5.99. The molecule has 0 fully saturated rings. The lowest BCUT2D eigenvalue weighted by molar-refractivity contribution is -0.274. The number of carbonyl (C=O) groups is 2. The van der Waals surface area contributed by atoms with Gasteiger partial charge in [0.1, 0.15) is 22.6 Å². The Labute approximate surface area is 205 Å². The van der Waals surface area contributed by atoms with Gasteiger partial charge in [-0.3, -0.25) is 9.59 Å². The van der Waals surface area contributed by atoms with Crippen molar-refractivity contribution in [2.24, 2.45) is 0 Å². The second kappa shape index (κ2) is 10.9. The van der Waals surface area contributed by atoms with E-state index >= 15 is 0 Å². The first-order valence-electron chi connectivity index (χ1n) is 11.0.